The van der Waals surface area contributed by atoms with Crippen LogP contribution < -0.4 is 5.73 Å². The molecule has 0 aliphatic heterocycles. The molecule has 0 amide bonds. The van der Waals surface area contributed by atoms with Crippen molar-refractivity contribution in [3.05, 3.63) is 23.8 Å². The van der Waals surface area contributed by atoms with Crippen molar-refractivity contribution in [1.29, 1.82) is 0 Å². The van der Waals surface area contributed by atoms with Gasteiger partial charge in [0.15, 0.2) is 0 Å². The molecule has 0 aliphatic rings. The van der Waals surface area contributed by atoms with Crippen molar-refractivity contribution < 1.29 is 0 Å². The third kappa shape index (κ3) is 5.03. The van der Waals surface area contributed by atoms with Crippen molar-refractivity contribution in [2.24, 2.45) is 5.92 Å². The lowest BCUT2D eigenvalue weighted by Crippen LogP contribution is -2.02. The number of hydrogen-bond acceptors (Lipinski definition) is 2. The van der Waals surface area contributed by atoms with E-state index in [9.17, 15) is 0 Å². The molecule has 1 aromatic rings. The maximum atomic E-state index is 5.77. The van der Waals surface area contributed by atoms with E-state index in [4.69, 9.17) is 5.73 Å². The van der Waals surface area contributed by atoms with Crippen LogP contribution in [0.4, 0.5) is 5.69 Å². The first-order valence-electron chi connectivity index (χ1n) is 6.66. The molecule has 0 heterocycles. The van der Waals surface area contributed by atoms with Gasteiger partial charge in [0.1, 0.15) is 0 Å². The maximum Gasteiger partial charge on any atom is 0.0317 e. The Morgan fingerprint density at radius 2 is 2.06 bits per heavy atom. The van der Waals surface area contributed by atoms with E-state index in [0.717, 1.165) is 11.6 Å². The Labute approximate surface area is 110 Å². The van der Waals surface area contributed by atoms with Gasteiger partial charge in [0.25, 0.3) is 0 Å². The van der Waals surface area contributed by atoms with Gasteiger partial charge in [0.05, 0.1) is 0 Å². The summed E-state index contributed by atoms with van der Waals surface area (Å²) in [5.41, 5.74) is 7.94. The number of unbranched alkanes of at least 4 members (excludes halogenated alkanes) is 1. The molecule has 0 bridgehead atoms. The third-order valence-electron chi connectivity index (χ3n) is 3.22. The Kier molecular flexibility index (Phi) is 6.49. The van der Waals surface area contributed by atoms with Crippen molar-refractivity contribution in [2.45, 2.75) is 51.3 Å². The van der Waals surface area contributed by atoms with Gasteiger partial charge in [-0.3, -0.25) is 0 Å². The molecule has 1 atom stereocenters. The van der Waals surface area contributed by atoms with E-state index in [-0.39, 0.29) is 0 Å². The average Bonchev–Trinajstić information content (AvgIpc) is 2.31. The molecule has 1 rings (SSSR count). The summed E-state index contributed by atoms with van der Waals surface area (Å²) in [6.45, 7) is 6.71. The Bertz CT molecular complexity index is 336. The molecule has 1 unspecified atom stereocenters. The van der Waals surface area contributed by atoms with Gasteiger partial charge in [-0.05, 0) is 43.0 Å². The van der Waals surface area contributed by atoms with Crippen LogP contribution in [0.1, 0.15) is 45.1 Å². The molecule has 0 spiro atoms. The SMILES string of the molecule is CCCCC(CC)CSc1ccc(N)cc1C. The van der Waals surface area contributed by atoms with E-state index in [2.05, 4.69) is 32.9 Å². The second-order valence-corrected chi connectivity index (χ2v) is 5.81. The van der Waals surface area contributed by atoms with Crippen molar-refractivity contribution in [1.82, 2.24) is 0 Å². The third-order valence-corrected chi connectivity index (χ3v) is 4.62. The fraction of sp³-hybridized carbons (Fsp3) is 0.600. The molecule has 17 heavy (non-hydrogen) atoms. The largest absolute Gasteiger partial charge is 0.399 e. The minimum Gasteiger partial charge on any atom is -0.399 e. The summed E-state index contributed by atoms with van der Waals surface area (Å²) in [6, 6.07) is 6.22. The molecule has 96 valence electrons. The highest BCUT2D eigenvalue weighted by molar-refractivity contribution is 7.99. The molecule has 0 saturated heterocycles. The first kappa shape index (κ1) is 14.4. The van der Waals surface area contributed by atoms with Crippen molar-refractivity contribution in [3.63, 3.8) is 0 Å². The zero-order chi connectivity index (χ0) is 12.7. The van der Waals surface area contributed by atoms with Crippen LogP contribution in [0.5, 0.6) is 0 Å². The molecular formula is C15H25NS. The lowest BCUT2D eigenvalue weighted by molar-refractivity contribution is 0.499. The van der Waals surface area contributed by atoms with E-state index in [1.54, 1.807) is 0 Å². The monoisotopic (exact) mass is 251 g/mol. The average molecular weight is 251 g/mol. The summed E-state index contributed by atoms with van der Waals surface area (Å²) in [4.78, 5) is 1.38. The second-order valence-electron chi connectivity index (χ2n) is 4.75. The van der Waals surface area contributed by atoms with Gasteiger partial charge < -0.3 is 5.73 Å². The molecular weight excluding hydrogens is 226 g/mol. The quantitative estimate of drug-likeness (QED) is 0.552. The van der Waals surface area contributed by atoms with E-state index in [1.165, 1.54) is 41.9 Å². The lowest BCUT2D eigenvalue weighted by Gasteiger charge is -2.14. The van der Waals surface area contributed by atoms with Gasteiger partial charge in [-0.1, -0.05) is 33.1 Å². The van der Waals surface area contributed by atoms with Crippen LogP contribution in [0.2, 0.25) is 0 Å². The minimum atomic E-state index is 0.858. The first-order chi connectivity index (χ1) is 8.17. The summed E-state index contributed by atoms with van der Waals surface area (Å²) >= 11 is 1.98. The highest BCUT2D eigenvalue weighted by atomic mass is 32.2. The van der Waals surface area contributed by atoms with E-state index < -0.39 is 0 Å². The van der Waals surface area contributed by atoms with Crippen LogP contribution in [0, 0.1) is 12.8 Å². The van der Waals surface area contributed by atoms with Crippen molar-refractivity contribution in [2.75, 3.05) is 11.5 Å². The summed E-state index contributed by atoms with van der Waals surface area (Å²) < 4.78 is 0. The Balaban J connectivity index is 2.47. The highest BCUT2D eigenvalue weighted by Gasteiger charge is 2.07. The maximum absolute atomic E-state index is 5.77. The van der Waals surface area contributed by atoms with Gasteiger partial charge >= 0.3 is 0 Å². The fourth-order valence-corrected chi connectivity index (χ4v) is 3.21. The number of anilines is 1. The van der Waals surface area contributed by atoms with Crippen LogP contribution in [0.15, 0.2) is 23.1 Å². The predicted octanol–water partition coefficient (Wildman–Crippen LogP) is 4.89. The van der Waals surface area contributed by atoms with Crippen LogP contribution in [-0.4, -0.2) is 5.75 Å². The second kappa shape index (κ2) is 7.65. The summed E-state index contributed by atoms with van der Waals surface area (Å²) in [5.74, 6) is 2.10. The summed E-state index contributed by atoms with van der Waals surface area (Å²) in [7, 11) is 0. The topological polar surface area (TPSA) is 26.0 Å². The highest BCUT2D eigenvalue weighted by Crippen LogP contribution is 2.28. The normalized spacial score (nSPS) is 12.6. The molecule has 0 fully saturated rings. The lowest BCUT2D eigenvalue weighted by atomic mass is 10.0. The molecule has 2 heteroatoms. The Morgan fingerprint density at radius 1 is 1.29 bits per heavy atom. The van der Waals surface area contributed by atoms with Gasteiger partial charge in [0, 0.05) is 16.3 Å². The molecule has 0 radical (unpaired) electrons. The smallest absolute Gasteiger partial charge is 0.0317 e. The van der Waals surface area contributed by atoms with Crippen LogP contribution >= 0.6 is 11.8 Å². The molecule has 0 aliphatic carbocycles. The number of hydrogen-bond donors (Lipinski definition) is 1. The van der Waals surface area contributed by atoms with Crippen LogP contribution in [0.3, 0.4) is 0 Å². The Morgan fingerprint density at radius 3 is 2.65 bits per heavy atom. The molecule has 1 nitrogen and oxygen atoms in total. The number of rotatable bonds is 7. The van der Waals surface area contributed by atoms with E-state index >= 15 is 0 Å². The molecule has 2 N–H and O–H groups in total. The van der Waals surface area contributed by atoms with Crippen molar-refractivity contribution in [3.8, 4) is 0 Å². The van der Waals surface area contributed by atoms with Crippen molar-refractivity contribution >= 4 is 17.4 Å². The zero-order valence-electron chi connectivity index (χ0n) is 11.3. The van der Waals surface area contributed by atoms with Crippen LogP contribution in [-0.2, 0) is 0 Å². The molecule has 0 saturated carbocycles. The zero-order valence-corrected chi connectivity index (χ0v) is 12.1. The summed E-state index contributed by atoms with van der Waals surface area (Å²) in [6.07, 6.45) is 5.33. The van der Waals surface area contributed by atoms with Gasteiger partial charge in [-0.15, -0.1) is 11.8 Å². The standard InChI is InChI=1S/C15H25NS/c1-4-6-7-13(5-2)11-17-15-9-8-14(16)10-12(15)3/h8-10,13H,4-7,11,16H2,1-3H3. The molecule has 1 aromatic carbocycles. The summed E-state index contributed by atoms with van der Waals surface area (Å²) in [5, 5.41) is 0. The number of nitrogen functional groups attached to an aromatic ring is 1. The number of benzene rings is 1. The fourth-order valence-electron chi connectivity index (χ4n) is 1.94. The van der Waals surface area contributed by atoms with Gasteiger partial charge in [-0.2, -0.15) is 0 Å². The van der Waals surface area contributed by atoms with Gasteiger partial charge in [0.2, 0.25) is 0 Å². The Hall–Kier alpha value is -0.630. The van der Waals surface area contributed by atoms with Gasteiger partial charge in [-0.25, -0.2) is 0 Å². The number of thioether (sulfide) groups is 1. The van der Waals surface area contributed by atoms with E-state index in [1.807, 2.05) is 17.8 Å². The van der Waals surface area contributed by atoms with Crippen LogP contribution in [0.25, 0.3) is 0 Å². The number of nitrogens with two attached hydrogens (primary N) is 1. The molecule has 0 aromatic heterocycles. The predicted molar refractivity (Wildman–Crippen MR) is 79.6 cm³/mol. The first-order valence-corrected chi connectivity index (χ1v) is 7.64. The number of aryl methyl sites for hydroxylation is 1. The minimum absolute atomic E-state index is 0.858. The van der Waals surface area contributed by atoms with E-state index in [0.29, 0.717) is 0 Å².